The van der Waals surface area contributed by atoms with Crippen molar-refractivity contribution in [3.8, 4) is 0 Å². The summed E-state index contributed by atoms with van der Waals surface area (Å²) in [6, 6.07) is 9.21. The zero-order valence-electron chi connectivity index (χ0n) is 12.8. The number of nitrogens with one attached hydrogen (secondary N) is 1. The molecule has 2 aromatic carbocycles. The van der Waals surface area contributed by atoms with Crippen molar-refractivity contribution in [2.75, 3.05) is 4.72 Å². The maximum absolute atomic E-state index is 12.4. The maximum Gasteiger partial charge on any atom is 0.376 e. The Morgan fingerprint density at radius 1 is 1.00 bits per heavy atom. The minimum absolute atomic E-state index is 0.0453. The molecule has 0 heterocycles. The lowest BCUT2D eigenvalue weighted by molar-refractivity contribution is -0.146. The van der Waals surface area contributed by atoms with Gasteiger partial charge in [0.15, 0.2) is 0 Å². The molecule has 3 N–H and O–H groups in total. The normalized spacial score (nSPS) is 11.8. The average molecular weight is 416 g/mol. The molecule has 26 heavy (non-hydrogen) atoms. The van der Waals surface area contributed by atoms with E-state index < -0.39 is 27.5 Å². The fourth-order valence-electron chi connectivity index (χ4n) is 1.91. The van der Waals surface area contributed by atoms with Gasteiger partial charge in [0, 0.05) is 27.4 Å². The molecular weight excluding hydrogens is 405 g/mol. The number of hydrogen-bond acceptors (Lipinski definition) is 5. The molecule has 10 heteroatoms. The van der Waals surface area contributed by atoms with Crippen LogP contribution in [0.2, 0.25) is 10.0 Å². The highest BCUT2D eigenvalue weighted by Gasteiger charge is 2.17. The smallest absolute Gasteiger partial charge is 0.376 e. The van der Waals surface area contributed by atoms with Crippen LogP contribution in [0.5, 0.6) is 0 Å². The van der Waals surface area contributed by atoms with Crippen LogP contribution in [0, 0.1) is 0 Å². The highest BCUT2D eigenvalue weighted by Crippen LogP contribution is 2.25. The largest absolute Gasteiger partial charge is 0.507 e. The number of rotatable bonds is 6. The van der Waals surface area contributed by atoms with Crippen molar-refractivity contribution in [3.05, 3.63) is 64.1 Å². The van der Waals surface area contributed by atoms with Gasteiger partial charge in [0.1, 0.15) is 5.76 Å². The second kappa shape index (κ2) is 7.77. The fraction of sp³-hybridized carbons (Fsp3) is 0. The van der Waals surface area contributed by atoms with Crippen LogP contribution in [-0.2, 0) is 19.6 Å². The molecule has 0 aromatic heterocycles. The minimum Gasteiger partial charge on any atom is -0.507 e. The van der Waals surface area contributed by atoms with E-state index in [1.807, 2.05) is 0 Å². The molecule has 0 atom stereocenters. The van der Waals surface area contributed by atoms with Crippen LogP contribution in [-0.4, -0.2) is 30.4 Å². The van der Waals surface area contributed by atoms with Crippen LogP contribution in [0.3, 0.4) is 0 Å². The molecule has 0 aliphatic rings. The Kier molecular flexibility index (Phi) is 5.91. The number of halogens is 2. The Balaban J connectivity index is 2.33. The van der Waals surface area contributed by atoms with Crippen LogP contribution in [0.1, 0.15) is 5.56 Å². The summed E-state index contributed by atoms with van der Waals surface area (Å²) in [6.07, 6.45) is 0.521. The summed E-state index contributed by atoms with van der Waals surface area (Å²) in [5.41, 5.74) is 0.116. The topological polar surface area (TPSA) is 121 Å². The summed E-state index contributed by atoms with van der Waals surface area (Å²) in [4.78, 5) is 21.5. The number of carbonyl (C=O) groups is 2. The number of anilines is 1. The highest BCUT2D eigenvalue weighted by molar-refractivity contribution is 7.92. The van der Waals surface area contributed by atoms with Gasteiger partial charge in [0.25, 0.3) is 15.8 Å². The Morgan fingerprint density at radius 3 is 2.19 bits per heavy atom. The molecule has 0 bridgehead atoms. The van der Waals surface area contributed by atoms with Gasteiger partial charge in [0.2, 0.25) is 0 Å². The summed E-state index contributed by atoms with van der Waals surface area (Å²) >= 11 is 11.6. The molecule has 0 radical (unpaired) electrons. The van der Waals surface area contributed by atoms with Crippen LogP contribution >= 0.6 is 23.2 Å². The van der Waals surface area contributed by atoms with E-state index in [1.165, 1.54) is 42.5 Å². The molecule has 0 amide bonds. The first kappa shape index (κ1) is 19.8. The van der Waals surface area contributed by atoms with Crippen molar-refractivity contribution < 1.29 is 28.2 Å². The highest BCUT2D eigenvalue weighted by atomic mass is 35.5. The van der Waals surface area contributed by atoms with Crippen molar-refractivity contribution >= 4 is 56.4 Å². The number of aliphatic carboxylic acids is 1. The Bertz CT molecular complexity index is 997. The third-order valence-corrected chi connectivity index (χ3v) is 4.83. The van der Waals surface area contributed by atoms with Crippen molar-refractivity contribution in [3.63, 3.8) is 0 Å². The summed E-state index contributed by atoms with van der Waals surface area (Å²) < 4.78 is 27.1. The molecule has 0 aliphatic carbocycles. The van der Waals surface area contributed by atoms with Gasteiger partial charge in [-0.05, 0) is 30.3 Å². The second-order valence-electron chi connectivity index (χ2n) is 4.99. The zero-order valence-corrected chi connectivity index (χ0v) is 15.1. The SMILES string of the molecule is O=C(O)C(=O)C=C(O)c1cccc(NS(=O)(=O)c2cc(Cl)cc(Cl)c2)c1. The molecule has 2 aromatic rings. The first-order valence-electron chi connectivity index (χ1n) is 6.86. The number of benzene rings is 2. The molecule has 0 saturated carbocycles. The predicted octanol–water partition coefficient (Wildman–Crippen LogP) is 3.35. The van der Waals surface area contributed by atoms with Gasteiger partial charge in [-0.25, -0.2) is 13.2 Å². The third-order valence-electron chi connectivity index (χ3n) is 3.04. The quantitative estimate of drug-likeness (QED) is 0.377. The Morgan fingerprint density at radius 2 is 1.62 bits per heavy atom. The molecule has 0 aliphatic heterocycles. The van der Waals surface area contributed by atoms with Gasteiger partial charge in [-0.15, -0.1) is 0 Å². The van der Waals surface area contributed by atoms with Gasteiger partial charge in [0.05, 0.1) is 4.90 Å². The van der Waals surface area contributed by atoms with Crippen molar-refractivity contribution in [2.24, 2.45) is 0 Å². The van der Waals surface area contributed by atoms with Gasteiger partial charge in [-0.2, -0.15) is 0 Å². The molecule has 0 unspecified atom stereocenters. The average Bonchev–Trinajstić information content (AvgIpc) is 2.53. The number of carboxylic acids is 1. The molecule has 136 valence electrons. The number of aliphatic hydroxyl groups excluding tert-OH is 1. The van der Waals surface area contributed by atoms with E-state index in [9.17, 15) is 23.1 Å². The van der Waals surface area contributed by atoms with E-state index >= 15 is 0 Å². The second-order valence-corrected chi connectivity index (χ2v) is 7.55. The lowest BCUT2D eigenvalue weighted by atomic mass is 10.1. The van der Waals surface area contributed by atoms with E-state index in [4.69, 9.17) is 28.3 Å². The molecule has 7 nitrogen and oxygen atoms in total. The van der Waals surface area contributed by atoms with E-state index in [2.05, 4.69) is 4.72 Å². The van der Waals surface area contributed by atoms with Gasteiger partial charge in [-0.3, -0.25) is 9.52 Å². The van der Waals surface area contributed by atoms with E-state index in [1.54, 1.807) is 0 Å². The molecule has 0 saturated heterocycles. The van der Waals surface area contributed by atoms with Crippen molar-refractivity contribution in [1.82, 2.24) is 0 Å². The number of aliphatic hydroxyl groups is 1. The first-order chi connectivity index (χ1) is 12.1. The fourth-order valence-corrected chi connectivity index (χ4v) is 3.68. The lowest BCUT2D eigenvalue weighted by Crippen LogP contribution is -2.13. The van der Waals surface area contributed by atoms with Crippen LogP contribution in [0.4, 0.5) is 5.69 Å². The summed E-state index contributed by atoms with van der Waals surface area (Å²) in [5, 5.41) is 18.6. The van der Waals surface area contributed by atoms with E-state index in [0.29, 0.717) is 6.08 Å². The third kappa shape index (κ3) is 4.98. The standard InChI is InChI=1S/C16H11Cl2NO6S/c17-10-5-11(18)7-13(6-10)26(24,25)19-12-3-1-2-9(4-12)14(20)8-15(21)16(22)23/h1-8,19-20H,(H,22,23). The van der Waals surface area contributed by atoms with Crippen LogP contribution < -0.4 is 4.72 Å². The maximum atomic E-state index is 12.4. The molecule has 0 fully saturated rings. The molecule has 0 spiro atoms. The predicted molar refractivity (Wildman–Crippen MR) is 97.0 cm³/mol. The molecule has 2 rings (SSSR count). The van der Waals surface area contributed by atoms with Gasteiger partial charge < -0.3 is 10.2 Å². The zero-order chi connectivity index (χ0) is 19.5. The van der Waals surface area contributed by atoms with Gasteiger partial charge >= 0.3 is 5.97 Å². The van der Waals surface area contributed by atoms with Gasteiger partial charge in [-0.1, -0.05) is 35.3 Å². The summed E-state index contributed by atoms with van der Waals surface area (Å²) in [6.45, 7) is 0. The summed E-state index contributed by atoms with van der Waals surface area (Å²) in [5.74, 6) is -3.67. The number of ketones is 1. The number of carboxylic acid groups (broad SMARTS) is 1. The van der Waals surface area contributed by atoms with Crippen molar-refractivity contribution in [2.45, 2.75) is 4.90 Å². The number of hydrogen-bond donors (Lipinski definition) is 3. The Labute approximate surface area is 158 Å². The monoisotopic (exact) mass is 415 g/mol. The van der Waals surface area contributed by atoms with Crippen LogP contribution in [0.15, 0.2) is 53.4 Å². The van der Waals surface area contributed by atoms with Crippen LogP contribution in [0.25, 0.3) is 5.76 Å². The van der Waals surface area contributed by atoms with E-state index in [0.717, 1.165) is 0 Å². The molecular formula is C16H11Cl2NO6S. The minimum atomic E-state index is -4.02. The van der Waals surface area contributed by atoms with Crippen molar-refractivity contribution in [1.29, 1.82) is 0 Å². The lowest BCUT2D eigenvalue weighted by Gasteiger charge is -2.10. The first-order valence-corrected chi connectivity index (χ1v) is 9.09. The number of carbonyl (C=O) groups excluding carboxylic acids is 1. The van der Waals surface area contributed by atoms with E-state index in [-0.39, 0.29) is 26.2 Å². The summed E-state index contributed by atoms with van der Waals surface area (Å²) in [7, 11) is -4.02. The number of sulfonamides is 1. The Hall–Kier alpha value is -2.55.